The lowest BCUT2D eigenvalue weighted by molar-refractivity contribution is 0.0105. The SMILES string of the molecule is CC(=O)c1cc(NC2CN(C(=O)OC(C)(C)C)C2)ccc1C. The predicted molar refractivity (Wildman–Crippen MR) is 86.4 cm³/mol. The van der Waals surface area contributed by atoms with Crippen molar-refractivity contribution in [2.24, 2.45) is 0 Å². The Bertz CT molecular complexity index is 584. The van der Waals surface area contributed by atoms with Crippen LogP contribution in [0.1, 0.15) is 43.6 Å². The maximum absolute atomic E-state index is 11.9. The van der Waals surface area contributed by atoms with Gasteiger partial charge in [0.05, 0.1) is 6.04 Å². The van der Waals surface area contributed by atoms with E-state index in [1.165, 1.54) is 0 Å². The van der Waals surface area contributed by atoms with Gasteiger partial charge in [0, 0.05) is 24.3 Å². The number of rotatable bonds is 3. The highest BCUT2D eigenvalue weighted by molar-refractivity contribution is 5.96. The second-order valence-corrected chi connectivity index (χ2v) is 6.81. The molecule has 0 aromatic heterocycles. The van der Waals surface area contributed by atoms with Gasteiger partial charge in [0.2, 0.25) is 0 Å². The van der Waals surface area contributed by atoms with E-state index in [9.17, 15) is 9.59 Å². The maximum atomic E-state index is 11.9. The fraction of sp³-hybridized carbons (Fsp3) is 0.529. The molecule has 1 fully saturated rings. The van der Waals surface area contributed by atoms with E-state index in [4.69, 9.17) is 4.74 Å². The lowest BCUT2D eigenvalue weighted by Crippen LogP contribution is -2.57. The van der Waals surface area contributed by atoms with E-state index in [1.54, 1.807) is 11.8 Å². The normalized spacial score (nSPS) is 15.2. The second-order valence-electron chi connectivity index (χ2n) is 6.81. The number of amides is 1. The first-order chi connectivity index (χ1) is 10.2. The van der Waals surface area contributed by atoms with E-state index in [0.29, 0.717) is 13.1 Å². The molecule has 0 spiro atoms. The highest BCUT2D eigenvalue weighted by Gasteiger charge is 2.33. The van der Waals surface area contributed by atoms with Gasteiger partial charge >= 0.3 is 6.09 Å². The average Bonchev–Trinajstić information content (AvgIpc) is 2.32. The molecular formula is C17H24N2O3. The highest BCUT2D eigenvalue weighted by atomic mass is 16.6. The molecule has 1 aliphatic heterocycles. The first kappa shape index (κ1) is 16.3. The number of likely N-dealkylation sites (tertiary alicyclic amines) is 1. The van der Waals surface area contributed by atoms with Crippen LogP contribution >= 0.6 is 0 Å². The molecule has 0 unspecified atom stereocenters. The number of anilines is 1. The molecule has 0 aliphatic carbocycles. The number of benzene rings is 1. The van der Waals surface area contributed by atoms with Gasteiger partial charge in [-0.25, -0.2) is 4.79 Å². The molecule has 1 saturated heterocycles. The molecule has 0 bridgehead atoms. The quantitative estimate of drug-likeness (QED) is 0.871. The smallest absolute Gasteiger partial charge is 0.410 e. The van der Waals surface area contributed by atoms with Crippen molar-refractivity contribution in [3.05, 3.63) is 29.3 Å². The van der Waals surface area contributed by atoms with Crippen LogP contribution in [0.25, 0.3) is 0 Å². The summed E-state index contributed by atoms with van der Waals surface area (Å²) in [5, 5.41) is 3.35. The molecule has 22 heavy (non-hydrogen) atoms. The summed E-state index contributed by atoms with van der Waals surface area (Å²) < 4.78 is 5.32. The van der Waals surface area contributed by atoms with Gasteiger partial charge in [0.25, 0.3) is 0 Å². The van der Waals surface area contributed by atoms with Crippen LogP contribution in [0, 0.1) is 6.92 Å². The summed E-state index contributed by atoms with van der Waals surface area (Å²) in [7, 11) is 0. The Labute approximate surface area is 131 Å². The van der Waals surface area contributed by atoms with Crippen LogP contribution in [-0.4, -0.2) is 41.5 Å². The Kier molecular flexibility index (Phi) is 4.44. The van der Waals surface area contributed by atoms with E-state index >= 15 is 0 Å². The molecule has 2 rings (SSSR count). The number of hydrogen-bond acceptors (Lipinski definition) is 4. The van der Waals surface area contributed by atoms with Crippen LogP contribution in [0.15, 0.2) is 18.2 Å². The zero-order valence-electron chi connectivity index (χ0n) is 13.9. The van der Waals surface area contributed by atoms with Gasteiger partial charge in [-0.15, -0.1) is 0 Å². The van der Waals surface area contributed by atoms with Gasteiger partial charge in [-0.05, 0) is 52.3 Å². The molecule has 1 heterocycles. The molecule has 1 N–H and O–H groups in total. The summed E-state index contributed by atoms with van der Waals surface area (Å²) in [5.74, 6) is 0.0603. The number of nitrogens with zero attached hydrogens (tertiary/aromatic N) is 1. The molecule has 5 heteroatoms. The Morgan fingerprint density at radius 2 is 1.91 bits per heavy atom. The Morgan fingerprint density at radius 3 is 2.45 bits per heavy atom. The molecule has 0 radical (unpaired) electrons. The monoisotopic (exact) mass is 304 g/mol. The van der Waals surface area contributed by atoms with Crippen molar-refractivity contribution in [2.45, 2.75) is 46.3 Å². The number of hydrogen-bond donors (Lipinski definition) is 1. The van der Waals surface area contributed by atoms with Gasteiger partial charge in [-0.1, -0.05) is 6.07 Å². The van der Waals surface area contributed by atoms with Crippen LogP contribution < -0.4 is 5.32 Å². The Balaban J connectivity index is 1.89. The minimum atomic E-state index is -0.469. The summed E-state index contributed by atoms with van der Waals surface area (Å²) in [6, 6.07) is 5.95. The zero-order valence-corrected chi connectivity index (χ0v) is 13.9. The number of Topliss-reactive ketones (excluding diaryl/α,β-unsaturated/α-hetero) is 1. The van der Waals surface area contributed by atoms with Crippen molar-refractivity contribution in [2.75, 3.05) is 18.4 Å². The average molecular weight is 304 g/mol. The van der Waals surface area contributed by atoms with E-state index < -0.39 is 5.60 Å². The maximum Gasteiger partial charge on any atom is 0.410 e. The lowest BCUT2D eigenvalue weighted by Gasteiger charge is -2.40. The largest absolute Gasteiger partial charge is 0.444 e. The minimum Gasteiger partial charge on any atom is -0.444 e. The molecule has 1 aromatic rings. The van der Waals surface area contributed by atoms with Crippen LogP contribution in [0.2, 0.25) is 0 Å². The predicted octanol–water partition coefficient (Wildman–Crippen LogP) is 3.23. The Hall–Kier alpha value is -2.04. The number of nitrogens with one attached hydrogen (secondary N) is 1. The van der Waals surface area contributed by atoms with Gasteiger partial charge in [-0.3, -0.25) is 4.79 Å². The van der Waals surface area contributed by atoms with Crippen molar-refractivity contribution in [3.8, 4) is 0 Å². The topological polar surface area (TPSA) is 58.6 Å². The lowest BCUT2D eigenvalue weighted by atomic mass is 10.0. The number of ether oxygens (including phenoxy) is 1. The van der Waals surface area contributed by atoms with E-state index in [-0.39, 0.29) is 17.9 Å². The van der Waals surface area contributed by atoms with Gasteiger partial charge in [0.1, 0.15) is 5.60 Å². The fourth-order valence-corrected chi connectivity index (χ4v) is 2.37. The third-order valence-corrected chi connectivity index (χ3v) is 3.52. The highest BCUT2D eigenvalue weighted by Crippen LogP contribution is 2.21. The number of carbonyl (C=O) groups excluding carboxylic acids is 2. The number of ketones is 1. The summed E-state index contributed by atoms with van der Waals surface area (Å²) in [6.07, 6.45) is -0.279. The summed E-state index contributed by atoms with van der Waals surface area (Å²) >= 11 is 0. The first-order valence-corrected chi connectivity index (χ1v) is 7.52. The van der Waals surface area contributed by atoms with E-state index in [1.807, 2.05) is 45.9 Å². The minimum absolute atomic E-state index is 0.0603. The van der Waals surface area contributed by atoms with Gasteiger partial charge in [-0.2, -0.15) is 0 Å². The standard InChI is InChI=1S/C17H24N2O3/c1-11-6-7-13(8-15(11)12(2)20)18-14-9-19(10-14)16(21)22-17(3,4)5/h6-8,14,18H,9-10H2,1-5H3. The van der Waals surface area contributed by atoms with E-state index in [2.05, 4.69) is 5.32 Å². The van der Waals surface area contributed by atoms with Gasteiger partial charge in [0.15, 0.2) is 5.78 Å². The molecule has 1 aliphatic rings. The fourth-order valence-electron chi connectivity index (χ4n) is 2.37. The van der Waals surface area contributed by atoms with Crippen LogP contribution in [0.5, 0.6) is 0 Å². The van der Waals surface area contributed by atoms with Gasteiger partial charge < -0.3 is 15.0 Å². The van der Waals surface area contributed by atoms with E-state index in [0.717, 1.165) is 16.8 Å². The molecule has 0 saturated carbocycles. The molecule has 1 amide bonds. The third-order valence-electron chi connectivity index (χ3n) is 3.52. The third kappa shape index (κ3) is 4.00. The summed E-state index contributed by atoms with van der Waals surface area (Å²) in [4.78, 5) is 25.1. The van der Waals surface area contributed by atoms with Crippen molar-refractivity contribution in [1.82, 2.24) is 4.90 Å². The van der Waals surface area contributed by atoms with Crippen molar-refractivity contribution in [3.63, 3.8) is 0 Å². The van der Waals surface area contributed by atoms with Crippen molar-refractivity contribution >= 4 is 17.6 Å². The molecule has 0 atom stereocenters. The van der Waals surface area contributed by atoms with Crippen molar-refractivity contribution in [1.29, 1.82) is 0 Å². The van der Waals surface area contributed by atoms with Crippen LogP contribution in [-0.2, 0) is 4.74 Å². The number of carbonyl (C=O) groups is 2. The number of aryl methyl sites for hydroxylation is 1. The summed E-state index contributed by atoms with van der Waals surface area (Å²) in [5.41, 5.74) is 2.14. The van der Waals surface area contributed by atoms with Crippen LogP contribution in [0.4, 0.5) is 10.5 Å². The zero-order chi connectivity index (χ0) is 16.5. The van der Waals surface area contributed by atoms with Crippen molar-refractivity contribution < 1.29 is 14.3 Å². The first-order valence-electron chi connectivity index (χ1n) is 7.52. The molecule has 120 valence electrons. The molecule has 1 aromatic carbocycles. The molecule has 5 nitrogen and oxygen atoms in total. The molecular weight excluding hydrogens is 280 g/mol. The van der Waals surface area contributed by atoms with Crippen LogP contribution in [0.3, 0.4) is 0 Å². The second kappa shape index (κ2) is 5.99. The summed E-state index contributed by atoms with van der Waals surface area (Å²) in [6.45, 7) is 10.3. The Morgan fingerprint density at radius 1 is 1.27 bits per heavy atom.